The Hall–Kier alpha value is -3.16. The number of aromatic nitrogens is 4. The van der Waals surface area contributed by atoms with Gasteiger partial charge in [-0.1, -0.05) is 24.6 Å². The normalized spacial score (nSPS) is 15.4. The van der Waals surface area contributed by atoms with Gasteiger partial charge in [0.15, 0.2) is 5.82 Å². The summed E-state index contributed by atoms with van der Waals surface area (Å²) in [6.07, 6.45) is 0.922. The SMILES string of the molecule is CCC(C)NC(=O)N1CCN(c2nnc(C)c3c(C)n(-c4ccc(C)cc4)nc23)CC1. The van der Waals surface area contributed by atoms with E-state index in [0.717, 1.165) is 40.2 Å². The zero-order chi connectivity index (χ0) is 22.1. The van der Waals surface area contributed by atoms with Crippen LogP contribution in [0.5, 0.6) is 0 Å². The van der Waals surface area contributed by atoms with Crippen LogP contribution in [-0.4, -0.2) is 63.1 Å². The van der Waals surface area contributed by atoms with E-state index < -0.39 is 0 Å². The molecule has 1 aliphatic heterocycles. The van der Waals surface area contributed by atoms with Gasteiger partial charge in [0.1, 0.15) is 5.52 Å². The number of benzene rings is 1. The second kappa shape index (κ2) is 8.53. The van der Waals surface area contributed by atoms with E-state index in [1.165, 1.54) is 5.56 Å². The molecule has 2 amide bonds. The minimum Gasteiger partial charge on any atom is -0.350 e. The van der Waals surface area contributed by atoms with Crippen LogP contribution in [0.2, 0.25) is 0 Å². The molecule has 0 spiro atoms. The summed E-state index contributed by atoms with van der Waals surface area (Å²) in [5, 5.41) is 18.0. The number of hydrogen-bond acceptors (Lipinski definition) is 5. The zero-order valence-corrected chi connectivity index (χ0v) is 19.0. The first-order valence-corrected chi connectivity index (χ1v) is 11.0. The fourth-order valence-electron chi connectivity index (χ4n) is 3.99. The van der Waals surface area contributed by atoms with Gasteiger partial charge in [0, 0.05) is 32.2 Å². The van der Waals surface area contributed by atoms with Crippen LogP contribution in [0.1, 0.15) is 37.2 Å². The van der Waals surface area contributed by atoms with Crippen molar-refractivity contribution in [3.8, 4) is 5.69 Å². The maximum atomic E-state index is 12.4. The molecular weight excluding hydrogens is 390 g/mol. The van der Waals surface area contributed by atoms with Gasteiger partial charge < -0.3 is 15.1 Å². The molecule has 1 atom stereocenters. The predicted octanol–water partition coefficient (Wildman–Crippen LogP) is 3.37. The highest BCUT2D eigenvalue weighted by molar-refractivity contribution is 5.92. The van der Waals surface area contributed by atoms with E-state index in [4.69, 9.17) is 5.10 Å². The predicted molar refractivity (Wildman–Crippen MR) is 123 cm³/mol. The number of hydrogen-bond donors (Lipinski definition) is 1. The third kappa shape index (κ3) is 4.06. The molecule has 31 heavy (non-hydrogen) atoms. The van der Waals surface area contributed by atoms with Crippen LogP contribution in [0.25, 0.3) is 16.6 Å². The molecule has 3 aromatic rings. The van der Waals surface area contributed by atoms with E-state index in [1.54, 1.807) is 0 Å². The number of carbonyl (C=O) groups is 1. The average molecular weight is 422 g/mol. The molecule has 0 radical (unpaired) electrons. The number of anilines is 1. The number of urea groups is 1. The Labute approximate surface area is 183 Å². The van der Waals surface area contributed by atoms with E-state index in [1.807, 2.05) is 23.4 Å². The second-order valence-corrected chi connectivity index (χ2v) is 8.40. The van der Waals surface area contributed by atoms with Crippen molar-refractivity contribution in [1.29, 1.82) is 0 Å². The Morgan fingerprint density at radius 3 is 2.39 bits per heavy atom. The average Bonchev–Trinajstić information content (AvgIpc) is 3.12. The number of carbonyl (C=O) groups excluding carboxylic acids is 1. The summed E-state index contributed by atoms with van der Waals surface area (Å²) in [4.78, 5) is 16.5. The van der Waals surface area contributed by atoms with Crippen LogP contribution < -0.4 is 10.2 Å². The molecule has 1 N–H and O–H groups in total. The van der Waals surface area contributed by atoms with E-state index >= 15 is 0 Å². The van der Waals surface area contributed by atoms with Gasteiger partial charge in [0.05, 0.1) is 22.5 Å². The molecule has 1 fully saturated rings. The molecule has 3 heterocycles. The summed E-state index contributed by atoms with van der Waals surface area (Å²) >= 11 is 0. The standard InChI is InChI=1S/C23H31N7O/c1-6-16(3)24-23(31)29-13-11-28(12-14-29)22-21-20(17(4)25-26-22)18(5)30(27-21)19-9-7-15(2)8-10-19/h7-10,16H,6,11-14H2,1-5H3,(H,24,31). The summed E-state index contributed by atoms with van der Waals surface area (Å²) in [5.74, 6) is 0.788. The summed E-state index contributed by atoms with van der Waals surface area (Å²) in [6.45, 7) is 12.9. The lowest BCUT2D eigenvalue weighted by molar-refractivity contribution is 0.190. The van der Waals surface area contributed by atoms with Crippen LogP contribution in [0.4, 0.5) is 10.6 Å². The summed E-state index contributed by atoms with van der Waals surface area (Å²) in [6, 6.07) is 8.54. The maximum absolute atomic E-state index is 12.4. The molecule has 164 valence electrons. The van der Waals surface area contributed by atoms with E-state index in [2.05, 4.69) is 65.5 Å². The Balaban J connectivity index is 1.61. The van der Waals surface area contributed by atoms with Crippen molar-refractivity contribution in [2.75, 3.05) is 31.1 Å². The molecule has 4 rings (SSSR count). The van der Waals surface area contributed by atoms with Gasteiger partial charge in [-0.25, -0.2) is 9.48 Å². The van der Waals surface area contributed by atoms with Crippen LogP contribution >= 0.6 is 0 Å². The Morgan fingerprint density at radius 1 is 1.06 bits per heavy atom. The highest BCUT2D eigenvalue weighted by Crippen LogP contribution is 2.29. The van der Waals surface area contributed by atoms with Gasteiger partial charge in [0.25, 0.3) is 0 Å². The molecule has 1 aromatic carbocycles. The Morgan fingerprint density at radius 2 is 1.74 bits per heavy atom. The highest BCUT2D eigenvalue weighted by Gasteiger charge is 2.26. The van der Waals surface area contributed by atoms with Crippen molar-refractivity contribution in [2.24, 2.45) is 0 Å². The van der Waals surface area contributed by atoms with Crippen molar-refractivity contribution in [3.63, 3.8) is 0 Å². The van der Waals surface area contributed by atoms with Gasteiger partial charge in [-0.3, -0.25) is 0 Å². The molecule has 8 heteroatoms. The molecule has 0 aliphatic carbocycles. The van der Waals surface area contributed by atoms with E-state index in [-0.39, 0.29) is 12.1 Å². The first-order chi connectivity index (χ1) is 14.9. The summed E-state index contributed by atoms with van der Waals surface area (Å²) < 4.78 is 1.97. The Bertz CT molecular complexity index is 1080. The monoisotopic (exact) mass is 421 g/mol. The summed E-state index contributed by atoms with van der Waals surface area (Å²) in [5.41, 5.74) is 5.04. The third-order valence-electron chi connectivity index (χ3n) is 6.11. The molecule has 1 unspecified atom stereocenters. The zero-order valence-electron chi connectivity index (χ0n) is 19.0. The molecule has 1 aliphatic rings. The van der Waals surface area contributed by atoms with Crippen molar-refractivity contribution in [2.45, 2.75) is 47.1 Å². The number of amides is 2. The topological polar surface area (TPSA) is 79.2 Å². The molecular formula is C23H31N7O. The fourth-order valence-corrected chi connectivity index (χ4v) is 3.99. The summed E-state index contributed by atoms with van der Waals surface area (Å²) in [7, 11) is 0. The first-order valence-electron chi connectivity index (χ1n) is 11.0. The number of aryl methyl sites for hydroxylation is 3. The second-order valence-electron chi connectivity index (χ2n) is 8.40. The molecule has 0 saturated carbocycles. The van der Waals surface area contributed by atoms with Crippen molar-refractivity contribution in [1.82, 2.24) is 30.2 Å². The molecule has 0 bridgehead atoms. The third-order valence-corrected chi connectivity index (χ3v) is 6.11. The van der Waals surface area contributed by atoms with E-state index in [0.29, 0.717) is 26.2 Å². The highest BCUT2D eigenvalue weighted by atomic mass is 16.2. The number of fused-ring (bicyclic) bond motifs is 1. The van der Waals surface area contributed by atoms with Gasteiger partial charge in [-0.2, -0.15) is 10.2 Å². The maximum Gasteiger partial charge on any atom is 0.317 e. The lowest BCUT2D eigenvalue weighted by atomic mass is 10.2. The van der Waals surface area contributed by atoms with E-state index in [9.17, 15) is 4.79 Å². The first kappa shape index (κ1) is 21.1. The van der Waals surface area contributed by atoms with Gasteiger partial charge in [0.2, 0.25) is 0 Å². The van der Waals surface area contributed by atoms with Crippen LogP contribution in [0.3, 0.4) is 0 Å². The van der Waals surface area contributed by atoms with Crippen LogP contribution in [0, 0.1) is 20.8 Å². The Kier molecular flexibility index (Phi) is 5.80. The van der Waals surface area contributed by atoms with Crippen LogP contribution in [0.15, 0.2) is 24.3 Å². The van der Waals surface area contributed by atoms with Crippen molar-refractivity contribution >= 4 is 22.8 Å². The van der Waals surface area contributed by atoms with Gasteiger partial charge in [-0.05, 0) is 46.2 Å². The fraction of sp³-hybridized carbons (Fsp3) is 0.478. The smallest absolute Gasteiger partial charge is 0.317 e. The lowest BCUT2D eigenvalue weighted by Crippen LogP contribution is -2.53. The van der Waals surface area contributed by atoms with Gasteiger partial charge in [-0.15, -0.1) is 5.10 Å². The number of rotatable bonds is 4. The molecule has 1 saturated heterocycles. The van der Waals surface area contributed by atoms with Crippen molar-refractivity contribution in [3.05, 3.63) is 41.2 Å². The molecule has 8 nitrogen and oxygen atoms in total. The number of nitrogens with one attached hydrogen (secondary N) is 1. The van der Waals surface area contributed by atoms with Crippen molar-refractivity contribution < 1.29 is 4.79 Å². The van der Waals surface area contributed by atoms with Gasteiger partial charge >= 0.3 is 6.03 Å². The largest absolute Gasteiger partial charge is 0.350 e. The molecule has 2 aromatic heterocycles. The van der Waals surface area contributed by atoms with Crippen LogP contribution in [-0.2, 0) is 0 Å². The quantitative estimate of drug-likeness (QED) is 0.699. The minimum absolute atomic E-state index is 0.00799. The minimum atomic E-state index is 0.00799. The lowest BCUT2D eigenvalue weighted by Gasteiger charge is -2.35. The number of nitrogens with zero attached hydrogens (tertiary/aromatic N) is 6. The number of piperazine rings is 1.